The highest BCUT2D eigenvalue weighted by atomic mass is 32.2. The van der Waals surface area contributed by atoms with Gasteiger partial charge in [-0.25, -0.2) is 13.1 Å². The summed E-state index contributed by atoms with van der Waals surface area (Å²) in [4.78, 5) is 1.04. The minimum Gasteiger partial charge on any atom is -0.315 e. The summed E-state index contributed by atoms with van der Waals surface area (Å²) in [5, 5.41) is 3.03. The van der Waals surface area contributed by atoms with Crippen LogP contribution < -0.4 is 10.0 Å². The number of hydrogen-bond donors (Lipinski definition) is 2. The van der Waals surface area contributed by atoms with Gasteiger partial charge in [-0.1, -0.05) is 33.1 Å². The SMILES string of the molecule is CCCCC(CCC)NS(=O)(=O)c1ccc(CNC)s1. The van der Waals surface area contributed by atoms with Gasteiger partial charge in [0.25, 0.3) is 0 Å². The number of thiophene rings is 1. The quantitative estimate of drug-likeness (QED) is 0.697. The molecule has 0 aliphatic carbocycles. The molecule has 0 aromatic carbocycles. The van der Waals surface area contributed by atoms with Crippen LogP contribution in [-0.4, -0.2) is 21.5 Å². The third-order valence-corrected chi connectivity index (χ3v) is 6.22. The largest absolute Gasteiger partial charge is 0.315 e. The van der Waals surface area contributed by atoms with Crippen molar-refractivity contribution in [1.29, 1.82) is 0 Å². The van der Waals surface area contributed by atoms with Crippen molar-refractivity contribution in [3.63, 3.8) is 0 Å². The van der Waals surface area contributed by atoms with E-state index < -0.39 is 10.0 Å². The molecule has 0 bridgehead atoms. The van der Waals surface area contributed by atoms with Crippen molar-refractivity contribution in [2.45, 2.75) is 62.7 Å². The molecule has 1 atom stereocenters. The molecule has 6 heteroatoms. The molecule has 1 aromatic heterocycles. The summed E-state index contributed by atoms with van der Waals surface area (Å²) in [7, 11) is -1.51. The lowest BCUT2D eigenvalue weighted by Gasteiger charge is -2.17. The van der Waals surface area contributed by atoms with Crippen LogP contribution in [0.5, 0.6) is 0 Å². The summed E-state index contributed by atoms with van der Waals surface area (Å²) in [6.07, 6.45) is 4.95. The molecule has 1 rings (SSSR count). The summed E-state index contributed by atoms with van der Waals surface area (Å²) in [6.45, 7) is 4.92. The topological polar surface area (TPSA) is 58.2 Å². The number of nitrogens with one attached hydrogen (secondary N) is 2. The van der Waals surface area contributed by atoms with E-state index in [-0.39, 0.29) is 6.04 Å². The summed E-state index contributed by atoms with van der Waals surface area (Å²) in [5.74, 6) is 0. The predicted octanol–water partition coefficient (Wildman–Crippen LogP) is 3.10. The first kappa shape index (κ1) is 17.6. The van der Waals surface area contributed by atoms with Gasteiger partial charge in [0.05, 0.1) is 0 Å². The fraction of sp³-hybridized carbons (Fsp3) is 0.714. The predicted molar refractivity (Wildman–Crippen MR) is 85.6 cm³/mol. The van der Waals surface area contributed by atoms with Gasteiger partial charge in [0.2, 0.25) is 10.0 Å². The Morgan fingerprint density at radius 2 is 1.95 bits per heavy atom. The Morgan fingerprint density at radius 3 is 2.55 bits per heavy atom. The lowest BCUT2D eigenvalue weighted by molar-refractivity contribution is 0.484. The number of sulfonamides is 1. The molecule has 2 N–H and O–H groups in total. The van der Waals surface area contributed by atoms with Crippen LogP contribution in [0.15, 0.2) is 16.3 Å². The van der Waals surface area contributed by atoms with E-state index in [9.17, 15) is 8.42 Å². The molecule has 1 aromatic rings. The molecular formula is C14H26N2O2S2. The summed E-state index contributed by atoms with van der Waals surface area (Å²) >= 11 is 1.34. The number of rotatable bonds is 10. The third kappa shape index (κ3) is 5.52. The van der Waals surface area contributed by atoms with E-state index in [1.807, 2.05) is 13.1 Å². The Kier molecular flexibility index (Phi) is 7.72. The number of hydrogen-bond acceptors (Lipinski definition) is 4. The van der Waals surface area contributed by atoms with Crippen LogP contribution in [0.1, 0.15) is 50.8 Å². The average molecular weight is 319 g/mol. The van der Waals surface area contributed by atoms with E-state index in [1.54, 1.807) is 6.07 Å². The van der Waals surface area contributed by atoms with Crippen LogP contribution in [0.25, 0.3) is 0 Å². The van der Waals surface area contributed by atoms with Gasteiger partial charge >= 0.3 is 0 Å². The maximum atomic E-state index is 12.4. The zero-order valence-corrected chi connectivity index (χ0v) is 14.2. The summed E-state index contributed by atoms with van der Waals surface area (Å²) < 4.78 is 28.0. The van der Waals surface area contributed by atoms with Gasteiger partial charge in [0, 0.05) is 17.5 Å². The molecule has 20 heavy (non-hydrogen) atoms. The molecule has 0 saturated heterocycles. The van der Waals surface area contributed by atoms with Crippen molar-refractivity contribution in [3.05, 3.63) is 17.0 Å². The first-order chi connectivity index (χ1) is 9.53. The van der Waals surface area contributed by atoms with Gasteiger partial charge in [-0.05, 0) is 32.0 Å². The van der Waals surface area contributed by atoms with Gasteiger partial charge in [-0.2, -0.15) is 0 Å². The molecule has 0 spiro atoms. The maximum Gasteiger partial charge on any atom is 0.250 e. The highest BCUT2D eigenvalue weighted by Gasteiger charge is 2.21. The Hall–Kier alpha value is -0.430. The second-order valence-corrected chi connectivity index (χ2v) is 8.11. The van der Waals surface area contributed by atoms with Crippen LogP contribution in [0, 0.1) is 0 Å². The molecule has 0 aliphatic rings. The molecule has 1 heterocycles. The third-order valence-electron chi connectivity index (χ3n) is 3.12. The fourth-order valence-electron chi connectivity index (χ4n) is 2.11. The van der Waals surface area contributed by atoms with Crippen LogP contribution in [0.3, 0.4) is 0 Å². The van der Waals surface area contributed by atoms with Crippen LogP contribution in [0.2, 0.25) is 0 Å². The highest BCUT2D eigenvalue weighted by molar-refractivity contribution is 7.91. The molecule has 0 amide bonds. The fourth-order valence-corrected chi connectivity index (χ4v) is 4.80. The van der Waals surface area contributed by atoms with Gasteiger partial charge < -0.3 is 5.32 Å². The van der Waals surface area contributed by atoms with E-state index in [2.05, 4.69) is 23.9 Å². The second kappa shape index (κ2) is 8.77. The molecule has 0 saturated carbocycles. The minimum absolute atomic E-state index is 0.0554. The van der Waals surface area contributed by atoms with E-state index in [4.69, 9.17) is 0 Å². The Bertz CT molecular complexity index is 483. The van der Waals surface area contributed by atoms with Crippen LogP contribution in [-0.2, 0) is 16.6 Å². The normalized spacial score (nSPS) is 13.6. The standard InChI is InChI=1S/C14H26N2O2S2/c1-4-6-8-12(7-5-2)16-20(17,18)14-10-9-13(19-14)11-15-3/h9-10,12,15-16H,4-8,11H2,1-3H3. The Morgan fingerprint density at radius 1 is 1.20 bits per heavy atom. The lowest BCUT2D eigenvalue weighted by atomic mass is 10.1. The molecular weight excluding hydrogens is 292 g/mol. The Labute approximate surface area is 127 Å². The Balaban J connectivity index is 2.74. The zero-order valence-electron chi connectivity index (χ0n) is 12.6. The van der Waals surface area contributed by atoms with E-state index in [0.29, 0.717) is 10.8 Å². The first-order valence-electron chi connectivity index (χ1n) is 7.29. The van der Waals surface area contributed by atoms with E-state index in [0.717, 1.165) is 37.0 Å². The van der Waals surface area contributed by atoms with E-state index >= 15 is 0 Å². The monoisotopic (exact) mass is 318 g/mol. The van der Waals surface area contributed by atoms with Crippen molar-refractivity contribution in [2.75, 3.05) is 7.05 Å². The van der Waals surface area contributed by atoms with Gasteiger partial charge in [0.1, 0.15) is 4.21 Å². The summed E-state index contributed by atoms with van der Waals surface area (Å²) in [6, 6.07) is 3.62. The van der Waals surface area contributed by atoms with Crippen molar-refractivity contribution < 1.29 is 8.42 Å². The van der Waals surface area contributed by atoms with Crippen LogP contribution in [0.4, 0.5) is 0 Å². The first-order valence-corrected chi connectivity index (χ1v) is 9.59. The van der Waals surface area contributed by atoms with Gasteiger partial charge in [-0.15, -0.1) is 11.3 Å². The highest BCUT2D eigenvalue weighted by Crippen LogP contribution is 2.22. The van der Waals surface area contributed by atoms with Crippen LogP contribution >= 0.6 is 11.3 Å². The molecule has 0 radical (unpaired) electrons. The molecule has 0 fully saturated rings. The van der Waals surface area contributed by atoms with Gasteiger partial charge in [-0.3, -0.25) is 0 Å². The molecule has 0 aliphatic heterocycles. The molecule has 1 unspecified atom stereocenters. The molecule has 116 valence electrons. The lowest BCUT2D eigenvalue weighted by Crippen LogP contribution is -2.34. The van der Waals surface area contributed by atoms with Crippen molar-refractivity contribution in [1.82, 2.24) is 10.0 Å². The van der Waals surface area contributed by atoms with Gasteiger partial charge in [0.15, 0.2) is 0 Å². The average Bonchev–Trinajstić information content (AvgIpc) is 2.86. The second-order valence-electron chi connectivity index (χ2n) is 5.00. The summed E-state index contributed by atoms with van der Waals surface area (Å²) in [5.41, 5.74) is 0. The molecule has 4 nitrogen and oxygen atoms in total. The smallest absolute Gasteiger partial charge is 0.250 e. The van der Waals surface area contributed by atoms with Crippen molar-refractivity contribution in [2.24, 2.45) is 0 Å². The van der Waals surface area contributed by atoms with Crippen molar-refractivity contribution in [3.8, 4) is 0 Å². The zero-order chi connectivity index (χ0) is 15.0. The maximum absolute atomic E-state index is 12.4. The number of unbranched alkanes of at least 4 members (excludes halogenated alkanes) is 1. The van der Waals surface area contributed by atoms with E-state index in [1.165, 1.54) is 11.3 Å². The van der Waals surface area contributed by atoms with Crippen molar-refractivity contribution >= 4 is 21.4 Å². The minimum atomic E-state index is -3.37.